The fourth-order valence-electron chi connectivity index (χ4n) is 0.702. The van der Waals surface area contributed by atoms with E-state index in [-0.39, 0.29) is 19.3 Å². The lowest BCUT2D eigenvalue weighted by molar-refractivity contribution is -0.122. The van der Waals surface area contributed by atoms with E-state index in [4.69, 9.17) is 4.74 Å². The Morgan fingerprint density at radius 2 is 1.93 bits per heavy atom. The molecular weight excluding hydrogens is 213 g/mol. The maximum atomic E-state index is 11.6. The van der Waals surface area contributed by atoms with Crippen molar-refractivity contribution in [2.24, 2.45) is 0 Å². The van der Waals surface area contributed by atoms with Crippen molar-refractivity contribution in [3.05, 3.63) is 0 Å². The molecule has 0 aromatic heterocycles. The number of hydrogen-bond acceptors (Lipinski definition) is 2. The Bertz CT molecular complexity index is 195. The number of alkyl halides is 3. The molecule has 0 aliphatic rings. The van der Waals surface area contributed by atoms with Crippen LogP contribution in [0.1, 0.15) is 13.8 Å². The SMILES string of the molecule is CC(C)OCCNC(=O)NCC(F)(F)F. The van der Waals surface area contributed by atoms with Gasteiger partial charge < -0.3 is 15.4 Å². The summed E-state index contributed by atoms with van der Waals surface area (Å²) in [6.07, 6.45) is -4.35. The van der Waals surface area contributed by atoms with Crippen LogP contribution in [0, 0.1) is 0 Å². The summed E-state index contributed by atoms with van der Waals surface area (Å²) >= 11 is 0. The van der Waals surface area contributed by atoms with E-state index in [9.17, 15) is 18.0 Å². The van der Waals surface area contributed by atoms with E-state index in [1.54, 1.807) is 5.32 Å². The lowest BCUT2D eigenvalue weighted by Gasteiger charge is -2.10. The number of rotatable bonds is 5. The van der Waals surface area contributed by atoms with Gasteiger partial charge >= 0.3 is 12.2 Å². The van der Waals surface area contributed by atoms with E-state index in [1.807, 2.05) is 13.8 Å². The lowest BCUT2D eigenvalue weighted by Crippen LogP contribution is -2.42. The molecule has 0 fully saturated rings. The second-order valence-corrected chi connectivity index (χ2v) is 3.14. The van der Waals surface area contributed by atoms with Crippen LogP contribution in [-0.2, 0) is 4.74 Å². The predicted molar refractivity (Wildman–Crippen MR) is 48.5 cm³/mol. The van der Waals surface area contributed by atoms with Crippen LogP contribution in [0.3, 0.4) is 0 Å². The summed E-state index contributed by atoms with van der Waals surface area (Å²) in [7, 11) is 0. The van der Waals surface area contributed by atoms with E-state index < -0.39 is 18.8 Å². The van der Waals surface area contributed by atoms with Crippen LogP contribution in [0.2, 0.25) is 0 Å². The average molecular weight is 228 g/mol. The number of ether oxygens (including phenoxy) is 1. The van der Waals surface area contributed by atoms with Gasteiger partial charge in [0, 0.05) is 6.54 Å². The van der Waals surface area contributed by atoms with Gasteiger partial charge in [-0.05, 0) is 13.8 Å². The first-order chi connectivity index (χ1) is 6.81. The topological polar surface area (TPSA) is 50.4 Å². The van der Waals surface area contributed by atoms with Crippen LogP contribution in [0.15, 0.2) is 0 Å². The molecule has 90 valence electrons. The predicted octanol–water partition coefficient (Wildman–Crippen LogP) is 1.27. The van der Waals surface area contributed by atoms with Crippen LogP contribution in [0.25, 0.3) is 0 Å². The number of hydrogen-bond donors (Lipinski definition) is 2. The minimum absolute atomic E-state index is 0.0324. The molecule has 0 radical (unpaired) electrons. The number of halogens is 3. The van der Waals surface area contributed by atoms with Gasteiger partial charge in [0.05, 0.1) is 12.7 Å². The summed E-state index contributed by atoms with van der Waals surface area (Å²) in [5.74, 6) is 0. The van der Waals surface area contributed by atoms with E-state index >= 15 is 0 Å². The van der Waals surface area contributed by atoms with Gasteiger partial charge in [-0.25, -0.2) is 4.79 Å². The Balaban J connectivity index is 3.42. The normalized spacial score (nSPS) is 11.6. The zero-order chi connectivity index (χ0) is 11.9. The van der Waals surface area contributed by atoms with Crippen LogP contribution in [-0.4, -0.2) is 38.0 Å². The van der Waals surface area contributed by atoms with Gasteiger partial charge in [-0.3, -0.25) is 0 Å². The molecule has 7 heteroatoms. The summed E-state index contributed by atoms with van der Waals surface area (Å²) in [5.41, 5.74) is 0. The van der Waals surface area contributed by atoms with Gasteiger partial charge in [0.15, 0.2) is 0 Å². The summed E-state index contributed by atoms with van der Waals surface area (Å²) in [6.45, 7) is 2.77. The first-order valence-electron chi connectivity index (χ1n) is 4.51. The number of urea groups is 1. The second kappa shape index (κ2) is 6.49. The largest absolute Gasteiger partial charge is 0.405 e. The second-order valence-electron chi connectivity index (χ2n) is 3.14. The molecule has 0 rings (SSSR count). The highest BCUT2D eigenvalue weighted by Crippen LogP contribution is 2.11. The van der Waals surface area contributed by atoms with Crippen molar-refractivity contribution < 1.29 is 22.7 Å². The highest BCUT2D eigenvalue weighted by atomic mass is 19.4. The van der Waals surface area contributed by atoms with Gasteiger partial charge in [0.25, 0.3) is 0 Å². The number of amides is 2. The molecule has 0 spiro atoms. The number of carbonyl (C=O) groups excluding carboxylic acids is 1. The molecule has 2 amide bonds. The number of nitrogens with one attached hydrogen (secondary N) is 2. The molecule has 0 aliphatic carbocycles. The molecule has 0 heterocycles. The molecule has 4 nitrogen and oxygen atoms in total. The maximum absolute atomic E-state index is 11.6. The Labute approximate surface area is 86.2 Å². The third kappa shape index (κ3) is 10.9. The molecule has 0 saturated carbocycles. The Kier molecular flexibility index (Phi) is 6.07. The minimum Gasteiger partial charge on any atom is -0.377 e. The molecular formula is C8H15F3N2O2. The van der Waals surface area contributed by atoms with Crippen molar-refractivity contribution in [1.29, 1.82) is 0 Å². The molecule has 15 heavy (non-hydrogen) atoms. The fraction of sp³-hybridized carbons (Fsp3) is 0.875. The Morgan fingerprint density at radius 3 is 2.40 bits per heavy atom. The van der Waals surface area contributed by atoms with Gasteiger partial charge in [-0.2, -0.15) is 13.2 Å². The summed E-state index contributed by atoms with van der Waals surface area (Å²) in [5, 5.41) is 3.92. The lowest BCUT2D eigenvalue weighted by atomic mass is 10.5. The summed E-state index contributed by atoms with van der Waals surface area (Å²) in [4.78, 5) is 10.8. The van der Waals surface area contributed by atoms with Crippen LogP contribution in [0.5, 0.6) is 0 Å². The highest BCUT2D eigenvalue weighted by molar-refractivity contribution is 5.73. The molecule has 0 atom stereocenters. The molecule has 0 aromatic carbocycles. The van der Waals surface area contributed by atoms with Gasteiger partial charge in [0.1, 0.15) is 6.54 Å². The first-order valence-corrected chi connectivity index (χ1v) is 4.51. The van der Waals surface area contributed by atoms with E-state index in [0.717, 1.165) is 0 Å². The standard InChI is InChI=1S/C8H15F3N2O2/c1-6(2)15-4-3-12-7(14)13-5-8(9,10)11/h6H,3-5H2,1-2H3,(H2,12,13,14). The van der Waals surface area contributed by atoms with Crippen molar-refractivity contribution in [3.63, 3.8) is 0 Å². The van der Waals surface area contributed by atoms with Crippen molar-refractivity contribution in [3.8, 4) is 0 Å². The Hall–Kier alpha value is -0.980. The van der Waals surface area contributed by atoms with Gasteiger partial charge in [-0.1, -0.05) is 0 Å². The molecule has 0 saturated heterocycles. The van der Waals surface area contributed by atoms with Crippen molar-refractivity contribution >= 4 is 6.03 Å². The van der Waals surface area contributed by atoms with Crippen LogP contribution >= 0.6 is 0 Å². The van der Waals surface area contributed by atoms with E-state index in [0.29, 0.717) is 0 Å². The molecule has 0 unspecified atom stereocenters. The highest BCUT2D eigenvalue weighted by Gasteiger charge is 2.27. The molecule has 0 bridgehead atoms. The fourth-order valence-corrected chi connectivity index (χ4v) is 0.702. The van der Waals surface area contributed by atoms with Crippen LogP contribution < -0.4 is 10.6 Å². The first kappa shape index (κ1) is 14.0. The molecule has 0 aromatic rings. The number of carbonyl (C=O) groups is 1. The van der Waals surface area contributed by atoms with Crippen molar-refractivity contribution in [1.82, 2.24) is 10.6 Å². The van der Waals surface area contributed by atoms with Crippen molar-refractivity contribution in [2.45, 2.75) is 26.1 Å². The quantitative estimate of drug-likeness (QED) is 0.696. The Morgan fingerprint density at radius 1 is 1.33 bits per heavy atom. The average Bonchev–Trinajstić information content (AvgIpc) is 2.07. The third-order valence-corrected chi connectivity index (χ3v) is 1.29. The van der Waals surface area contributed by atoms with Crippen molar-refractivity contribution in [2.75, 3.05) is 19.7 Å². The van der Waals surface area contributed by atoms with E-state index in [1.165, 1.54) is 0 Å². The minimum atomic E-state index is -4.38. The summed E-state index contributed by atoms with van der Waals surface area (Å²) in [6, 6.07) is -0.848. The molecule has 2 N–H and O–H groups in total. The zero-order valence-electron chi connectivity index (χ0n) is 8.65. The smallest absolute Gasteiger partial charge is 0.377 e. The van der Waals surface area contributed by atoms with E-state index in [2.05, 4.69) is 5.32 Å². The molecule has 0 aliphatic heterocycles. The zero-order valence-corrected chi connectivity index (χ0v) is 8.65. The van der Waals surface area contributed by atoms with Gasteiger partial charge in [-0.15, -0.1) is 0 Å². The van der Waals surface area contributed by atoms with Crippen LogP contribution in [0.4, 0.5) is 18.0 Å². The summed E-state index contributed by atoms with van der Waals surface area (Å²) < 4.78 is 40.0. The maximum Gasteiger partial charge on any atom is 0.405 e. The monoisotopic (exact) mass is 228 g/mol. The third-order valence-electron chi connectivity index (χ3n) is 1.29. The van der Waals surface area contributed by atoms with Gasteiger partial charge in [0.2, 0.25) is 0 Å².